The second kappa shape index (κ2) is 4.33. The van der Waals surface area contributed by atoms with Crippen LogP contribution in [-0.4, -0.2) is 16.9 Å². The molecule has 0 fully saturated rings. The molecule has 0 saturated carbocycles. The Bertz CT molecular complexity index is 356. The number of halogens is 3. The highest BCUT2D eigenvalue weighted by molar-refractivity contribution is 7.99. The number of hydrogen-bond donors (Lipinski definition) is 0. The number of thioether (sulfide) groups is 1. The van der Waals surface area contributed by atoms with Crippen molar-refractivity contribution in [3.05, 3.63) is 24.0 Å². The van der Waals surface area contributed by atoms with E-state index in [-0.39, 0.29) is 10.6 Å². The molecule has 1 aromatic rings. The van der Waals surface area contributed by atoms with Gasteiger partial charge in [-0.1, -0.05) is 0 Å². The summed E-state index contributed by atoms with van der Waals surface area (Å²) < 4.78 is 35.6. The van der Waals surface area contributed by atoms with E-state index in [9.17, 15) is 13.2 Å². The second-order valence-electron chi connectivity index (χ2n) is 2.37. The molecule has 14 heavy (non-hydrogen) atoms. The van der Waals surface area contributed by atoms with Crippen molar-refractivity contribution in [3.63, 3.8) is 0 Å². The van der Waals surface area contributed by atoms with E-state index < -0.39 is 11.9 Å². The lowest BCUT2D eigenvalue weighted by Crippen LogP contribution is -2.10. The molecular formula is C8H5F3N2S. The Morgan fingerprint density at radius 2 is 2.21 bits per heavy atom. The van der Waals surface area contributed by atoms with Crippen molar-refractivity contribution in [2.75, 3.05) is 5.75 Å². The van der Waals surface area contributed by atoms with Gasteiger partial charge in [0.05, 0.1) is 5.75 Å². The molecular weight excluding hydrogens is 213 g/mol. The minimum Gasteiger partial charge on any atom is -0.244 e. The Hall–Kier alpha value is -1.22. The monoisotopic (exact) mass is 218 g/mol. The fourth-order valence-electron chi connectivity index (χ4n) is 0.751. The Morgan fingerprint density at radius 1 is 1.50 bits per heavy atom. The zero-order valence-corrected chi connectivity index (χ0v) is 7.69. The Morgan fingerprint density at radius 3 is 2.79 bits per heavy atom. The molecule has 6 heteroatoms. The molecule has 0 unspecified atom stereocenters. The molecule has 0 amide bonds. The van der Waals surface area contributed by atoms with Crippen LogP contribution in [0.15, 0.2) is 23.2 Å². The highest BCUT2D eigenvalue weighted by Crippen LogP contribution is 2.28. The molecule has 0 aromatic carbocycles. The average Bonchev–Trinajstić information content (AvgIpc) is 2.14. The van der Waals surface area contributed by atoms with E-state index in [1.165, 1.54) is 18.3 Å². The van der Waals surface area contributed by atoms with Crippen LogP contribution >= 0.6 is 11.8 Å². The van der Waals surface area contributed by atoms with Gasteiger partial charge in [-0.25, -0.2) is 4.98 Å². The van der Waals surface area contributed by atoms with Crippen LogP contribution in [-0.2, 0) is 0 Å². The molecule has 0 N–H and O–H groups in total. The molecule has 0 aliphatic carbocycles. The van der Waals surface area contributed by atoms with Gasteiger partial charge < -0.3 is 0 Å². The maximum Gasteiger partial charge on any atom is 0.398 e. The van der Waals surface area contributed by atoms with E-state index in [1.54, 1.807) is 6.07 Å². The number of pyridine rings is 1. The molecule has 0 bridgehead atoms. The summed E-state index contributed by atoms with van der Waals surface area (Å²) in [7, 11) is 0. The van der Waals surface area contributed by atoms with Crippen molar-refractivity contribution in [2.45, 2.75) is 11.1 Å². The first-order valence-electron chi connectivity index (χ1n) is 3.57. The Balaban J connectivity index is 2.73. The SMILES string of the molecule is N#Cc1ncccc1SCC(F)(F)F. The third-order valence-corrected chi connectivity index (χ3v) is 2.38. The summed E-state index contributed by atoms with van der Waals surface area (Å²) in [6.45, 7) is 0. The van der Waals surface area contributed by atoms with Crippen LogP contribution in [0.25, 0.3) is 0 Å². The Labute approximate surface area is 82.8 Å². The molecule has 1 rings (SSSR count). The van der Waals surface area contributed by atoms with E-state index in [4.69, 9.17) is 5.26 Å². The quantitative estimate of drug-likeness (QED) is 0.716. The first-order chi connectivity index (χ1) is 6.53. The highest BCUT2D eigenvalue weighted by Gasteiger charge is 2.27. The van der Waals surface area contributed by atoms with Gasteiger partial charge in [-0.15, -0.1) is 11.8 Å². The third-order valence-electron chi connectivity index (χ3n) is 1.27. The maximum absolute atomic E-state index is 11.9. The molecule has 0 aliphatic heterocycles. The van der Waals surface area contributed by atoms with Gasteiger partial charge in [-0.3, -0.25) is 0 Å². The van der Waals surface area contributed by atoms with Crippen LogP contribution in [0.5, 0.6) is 0 Å². The van der Waals surface area contributed by atoms with E-state index in [0.29, 0.717) is 11.8 Å². The summed E-state index contributed by atoms with van der Waals surface area (Å²) in [4.78, 5) is 3.91. The zero-order valence-electron chi connectivity index (χ0n) is 6.88. The van der Waals surface area contributed by atoms with Crippen LogP contribution < -0.4 is 0 Å². The zero-order chi connectivity index (χ0) is 10.6. The van der Waals surface area contributed by atoms with Crippen molar-refractivity contribution in [2.24, 2.45) is 0 Å². The van der Waals surface area contributed by atoms with Crippen molar-refractivity contribution < 1.29 is 13.2 Å². The summed E-state index contributed by atoms with van der Waals surface area (Å²) in [6, 6.07) is 4.68. The van der Waals surface area contributed by atoms with E-state index >= 15 is 0 Å². The molecule has 0 radical (unpaired) electrons. The third kappa shape index (κ3) is 3.26. The smallest absolute Gasteiger partial charge is 0.244 e. The standard InChI is InChI=1S/C8H5F3N2S/c9-8(10,11)5-14-7-2-1-3-13-6(7)4-12/h1-3H,5H2. The van der Waals surface area contributed by atoms with Crippen molar-refractivity contribution in [1.82, 2.24) is 4.98 Å². The molecule has 2 nitrogen and oxygen atoms in total. The molecule has 1 heterocycles. The van der Waals surface area contributed by atoms with E-state index in [1.807, 2.05) is 0 Å². The maximum atomic E-state index is 11.9. The Kier molecular flexibility index (Phi) is 3.36. The first-order valence-corrected chi connectivity index (χ1v) is 4.56. The van der Waals surface area contributed by atoms with Gasteiger partial charge in [0, 0.05) is 11.1 Å². The number of aromatic nitrogens is 1. The van der Waals surface area contributed by atoms with Crippen molar-refractivity contribution in [3.8, 4) is 6.07 Å². The lowest BCUT2D eigenvalue weighted by Gasteiger charge is -2.05. The van der Waals surface area contributed by atoms with Crippen LogP contribution in [0, 0.1) is 11.3 Å². The number of alkyl halides is 3. The van der Waals surface area contributed by atoms with Gasteiger partial charge in [-0.2, -0.15) is 18.4 Å². The average molecular weight is 218 g/mol. The van der Waals surface area contributed by atoms with Gasteiger partial charge in [0.1, 0.15) is 6.07 Å². The molecule has 0 saturated heterocycles. The van der Waals surface area contributed by atoms with Gasteiger partial charge in [0.25, 0.3) is 0 Å². The van der Waals surface area contributed by atoms with Gasteiger partial charge >= 0.3 is 6.18 Å². The van der Waals surface area contributed by atoms with Crippen molar-refractivity contribution >= 4 is 11.8 Å². The first kappa shape index (κ1) is 10.9. The topological polar surface area (TPSA) is 36.7 Å². The molecule has 0 aliphatic rings. The van der Waals surface area contributed by atoms with Gasteiger partial charge in [-0.05, 0) is 12.1 Å². The van der Waals surface area contributed by atoms with E-state index in [2.05, 4.69) is 4.98 Å². The van der Waals surface area contributed by atoms with Gasteiger partial charge in [0.2, 0.25) is 0 Å². The van der Waals surface area contributed by atoms with E-state index in [0.717, 1.165) is 0 Å². The van der Waals surface area contributed by atoms with Crippen LogP contribution in [0.1, 0.15) is 5.69 Å². The minimum absolute atomic E-state index is 0.0294. The largest absolute Gasteiger partial charge is 0.398 e. The van der Waals surface area contributed by atoms with Crippen LogP contribution in [0.3, 0.4) is 0 Å². The van der Waals surface area contributed by atoms with Crippen LogP contribution in [0.4, 0.5) is 13.2 Å². The molecule has 0 spiro atoms. The summed E-state index contributed by atoms with van der Waals surface area (Å²) >= 11 is 0.569. The summed E-state index contributed by atoms with van der Waals surface area (Å²) in [5.41, 5.74) is 0.0294. The predicted octanol–water partition coefficient (Wildman–Crippen LogP) is 2.61. The predicted molar refractivity (Wildman–Crippen MR) is 45.7 cm³/mol. The fourth-order valence-corrected chi connectivity index (χ4v) is 1.48. The fraction of sp³-hybridized carbons (Fsp3) is 0.250. The number of nitrogens with zero attached hydrogens (tertiary/aromatic N) is 2. The number of rotatable bonds is 2. The number of hydrogen-bond acceptors (Lipinski definition) is 3. The summed E-state index contributed by atoms with van der Waals surface area (Å²) in [5, 5.41) is 8.54. The minimum atomic E-state index is -4.23. The van der Waals surface area contributed by atoms with Gasteiger partial charge in [0.15, 0.2) is 5.69 Å². The summed E-state index contributed by atoms with van der Waals surface area (Å²) in [6.07, 6.45) is -2.86. The lowest BCUT2D eigenvalue weighted by atomic mass is 10.4. The summed E-state index contributed by atoms with van der Waals surface area (Å²) in [5.74, 6) is -1.01. The highest BCUT2D eigenvalue weighted by atomic mass is 32.2. The second-order valence-corrected chi connectivity index (χ2v) is 3.38. The molecule has 0 atom stereocenters. The lowest BCUT2D eigenvalue weighted by molar-refractivity contribution is -0.105. The molecule has 1 aromatic heterocycles. The van der Waals surface area contributed by atoms with Crippen LogP contribution in [0.2, 0.25) is 0 Å². The number of nitriles is 1. The normalized spacial score (nSPS) is 11.0. The van der Waals surface area contributed by atoms with Crippen molar-refractivity contribution in [1.29, 1.82) is 5.26 Å². The molecule has 74 valence electrons.